The Morgan fingerprint density at radius 1 is 1.37 bits per heavy atom. The first-order valence-corrected chi connectivity index (χ1v) is 6.19. The van der Waals surface area contributed by atoms with Crippen LogP contribution >= 0.6 is 0 Å². The number of aromatic nitrogens is 1. The lowest BCUT2D eigenvalue weighted by molar-refractivity contribution is -0.313. The summed E-state index contributed by atoms with van der Waals surface area (Å²) in [6, 6.07) is 1.59. The lowest BCUT2D eigenvalue weighted by Crippen LogP contribution is -2.42. The van der Waals surface area contributed by atoms with Gasteiger partial charge in [0.1, 0.15) is 5.76 Å². The predicted molar refractivity (Wildman–Crippen MR) is 62.6 cm³/mol. The number of nitrogens with one attached hydrogen (secondary N) is 1. The third-order valence-corrected chi connectivity index (χ3v) is 3.91. The zero-order chi connectivity index (χ0) is 13.6. The molecular weight excluding hydrogens is 248 g/mol. The van der Waals surface area contributed by atoms with Gasteiger partial charge >= 0.3 is 0 Å². The molecule has 0 unspecified atom stereocenters. The Morgan fingerprint density at radius 3 is 2.63 bits per heavy atom. The lowest BCUT2D eigenvalue weighted by Gasteiger charge is -2.27. The molecule has 100 valence electrons. The molecule has 1 saturated carbocycles. The van der Waals surface area contributed by atoms with Gasteiger partial charge < -0.3 is 19.7 Å². The number of carbonyl (C=O) groups excluding carboxylic acids is 2. The molecule has 1 aromatic heterocycles. The molecular formula is C13H13N2O4-. The molecule has 0 aliphatic heterocycles. The van der Waals surface area contributed by atoms with Crippen molar-refractivity contribution in [2.45, 2.75) is 13.3 Å². The molecule has 1 aromatic rings. The molecule has 2 aliphatic rings. The van der Waals surface area contributed by atoms with Gasteiger partial charge in [-0.25, -0.2) is 0 Å². The van der Waals surface area contributed by atoms with E-state index in [9.17, 15) is 14.7 Å². The molecule has 2 bridgehead atoms. The third-order valence-electron chi connectivity index (χ3n) is 3.91. The Kier molecular flexibility index (Phi) is 2.66. The van der Waals surface area contributed by atoms with Crippen LogP contribution in [0.2, 0.25) is 0 Å². The topological polar surface area (TPSA) is 95.3 Å². The van der Waals surface area contributed by atoms with Crippen LogP contribution in [0, 0.1) is 30.6 Å². The van der Waals surface area contributed by atoms with Crippen LogP contribution in [0.3, 0.4) is 0 Å². The smallest absolute Gasteiger partial charge is 0.230 e. The Labute approximate surface area is 109 Å². The number of amides is 1. The summed E-state index contributed by atoms with van der Waals surface area (Å²) in [6.07, 6.45) is 4.49. The first-order valence-electron chi connectivity index (χ1n) is 6.19. The highest BCUT2D eigenvalue weighted by atomic mass is 16.5. The summed E-state index contributed by atoms with van der Waals surface area (Å²) in [7, 11) is 0. The minimum absolute atomic E-state index is 0.0269. The van der Waals surface area contributed by atoms with Crippen LogP contribution in [0.4, 0.5) is 5.82 Å². The van der Waals surface area contributed by atoms with Crippen LogP contribution < -0.4 is 10.4 Å². The highest BCUT2D eigenvalue weighted by molar-refractivity contribution is 5.95. The van der Waals surface area contributed by atoms with E-state index in [4.69, 9.17) is 4.52 Å². The fraction of sp³-hybridized carbons (Fsp3) is 0.462. The molecule has 6 nitrogen and oxygen atoms in total. The van der Waals surface area contributed by atoms with E-state index in [0.29, 0.717) is 18.0 Å². The van der Waals surface area contributed by atoms with E-state index in [-0.39, 0.29) is 17.7 Å². The second-order valence-electron chi connectivity index (χ2n) is 5.13. The molecule has 1 N–H and O–H groups in total. The van der Waals surface area contributed by atoms with Crippen molar-refractivity contribution in [3.63, 3.8) is 0 Å². The second kappa shape index (κ2) is 4.22. The minimum atomic E-state index is -1.16. The van der Waals surface area contributed by atoms with E-state index in [2.05, 4.69) is 10.5 Å². The highest BCUT2D eigenvalue weighted by Crippen LogP contribution is 2.48. The Balaban J connectivity index is 1.79. The molecule has 4 atom stereocenters. The zero-order valence-electron chi connectivity index (χ0n) is 10.3. The van der Waals surface area contributed by atoms with E-state index in [1.165, 1.54) is 0 Å². The summed E-state index contributed by atoms with van der Waals surface area (Å²) in [6.45, 7) is 1.72. The van der Waals surface area contributed by atoms with Gasteiger partial charge in [-0.05, 0) is 25.2 Å². The maximum absolute atomic E-state index is 12.2. The number of carbonyl (C=O) groups is 2. The number of fused-ring (bicyclic) bond motifs is 2. The Morgan fingerprint density at radius 2 is 2.05 bits per heavy atom. The second-order valence-corrected chi connectivity index (χ2v) is 5.13. The number of aliphatic carboxylic acids is 1. The number of nitrogens with zero attached hydrogens (tertiary/aromatic N) is 1. The number of allylic oxidation sites excluding steroid dienone is 2. The molecule has 1 fully saturated rings. The molecule has 0 spiro atoms. The first kappa shape index (κ1) is 12.0. The quantitative estimate of drug-likeness (QED) is 0.779. The van der Waals surface area contributed by atoms with Gasteiger partial charge in [0.25, 0.3) is 0 Å². The largest absolute Gasteiger partial charge is 0.550 e. The molecule has 1 heterocycles. The third kappa shape index (κ3) is 1.93. The van der Waals surface area contributed by atoms with Gasteiger partial charge in [-0.1, -0.05) is 17.3 Å². The van der Waals surface area contributed by atoms with Gasteiger partial charge in [0.2, 0.25) is 5.91 Å². The van der Waals surface area contributed by atoms with E-state index in [1.807, 2.05) is 12.2 Å². The van der Waals surface area contributed by atoms with Gasteiger partial charge in [0.05, 0.1) is 5.92 Å². The summed E-state index contributed by atoms with van der Waals surface area (Å²) < 4.78 is 4.86. The van der Waals surface area contributed by atoms with E-state index < -0.39 is 17.8 Å². The van der Waals surface area contributed by atoms with Crippen molar-refractivity contribution < 1.29 is 19.2 Å². The average Bonchev–Trinajstić information content (AvgIpc) is 3.03. The Hall–Kier alpha value is -2.11. The summed E-state index contributed by atoms with van der Waals surface area (Å²) in [5.74, 6) is -2.05. The molecule has 6 heteroatoms. The van der Waals surface area contributed by atoms with Crippen LogP contribution in [0.15, 0.2) is 22.7 Å². The maximum Gasteiger partial charge on any atom is 0.230 e. The molecule has 0 aromatic carbocycles. The highest BCUT2D eigenvalue weighted by Gasteiger charge is 2.48. The van der Waals surface area contributed by atoms with Crippen molar-refractivity contribution in [3.8, 4) is 0 Å². The normalized spacial score (nSPS) is 31.6. The van der Waals surface area contributed by atoms with Crippen molar-refractivity contribution in [1.82, 2.24) is 5.16 Å². The monoisotopic (exact) mass is 261 g/mol. The minimum Gasteiger partial charge on any atom is -0.550 e. The number of rotatable bonds is 3. The van der Waals surface area contributed by atoms with Gasteiger partial charge in [-0.2, -0.15) is 0 Å². The van der Waals surface area contributed by atoms with E-state index in [0.717, 1.165) is 0 Å². The fourth-order valence-corrected chi connectivity index (χ4v) is 3.14. The summed E-state index contributed by atoms with van der Waals surface area (Å²) in [5, 5.41) is 17.5. The molecule has 19 heavy (non-hydrogen) atoms. The summed E-state index contributed by atoms with van der Waals surface area (Å²) in [5.41, 5.74) is 0. The number of hydrogen-bond acceptors (Lipinski definition) is 5. The van der Waals surface area contributed by atoms with Crippen LogP contribution in [0.1, 0.15) is 12.2 Å². The summed E-state index contributed by atoms with van der Waals surface area (Å²) in [4.78, 5) is 23.4. The van der Waals surface area contributed by atoms with E-state index >= 15 is 0 Å². The van der Waals surface area contributed by atoms with Gasteiger partial charge in [-0.15, -0.1) is 0 Å². The predicted octanol–water partition coefficient (Wildman–Crippen LogP) is 0.110. The van der Waals surface area contributed by atoms with Crippen molar-refractivity contribution in [2.24, 2.45) is 23.7 Å². The number of carboxylic acids is 1. The van der Waals surface area contributed by atoms with Gasteiger partial charge in [0.15, 0.2) is 5.82 Å². The standard InChI is InChI=1S/C13H14N2O4/c1-6-4-9(15-19-6)14-12(16)10-7-2-3-8(5-7)11(10)13(17)18/h2-4,7-8,10-11H,5H2,1H3,(H,17,18)(H,14,15,16)/p-1/t7-,8-,10+,11-/m0/s1. The molecule has 0 saturated heterocycles. The van der Waals surface area contributed by atoms with Gasteiger partial charge in [-0.3, -0.25) is 4.79 Å². The maximum atomic E-state index is 12.2. The Bertz CT molecular complexity index is 563. The van der Waals surface area contributed by atoms with E-state index in [1.54, 1.807) is 13.0 Å². The van der Waals surface area contributed by atoms with Crippen molar-refractivity contribution in [3.05, 3.63) is 24.0 Å². The fourth-order valence-electron chi connectivity index (χ4n) is 3.14. The number of carboxylic acid groups (broad SMARTS) is 1. The molecule has 1 amide bonds. The number of hydrogen-bond donors (Lipinski definition) is 1. The summed E-state index contributed by atoms with van der Waals surface area (Å²) >= 11 is 0. The first-order chi connectivity index (χ1) is 9.06. The lowest BCUT2D eigenvalue weighted by atomic mass is 9.82. The number of aryl methyl sites for hydroxylation is 1. The van der Waals surface area contributed by atoms with Crippen LogP contribution in [-0.4, -0.2) is 17.0 Å². The average molecular weight is 261 g/mol. The van der Waals surface area contributed by atoms with Gasteiger partial charge in [0, 0.05) is 18.0 Å². The van der Waals surface area contributed by atoms with Crippen LogP contribution in [0.5, 0.6) is 0 Å². The van der Waals surface area contributed by atoms with Crippen molar-refractivity contribution in [1.29, 1.82) is 0 Å². The number of anilines is 1. The SMILES string of the molecule is Cc1cc(NC(=O)[C@H]2[C@@H](C(=O)[O-])[C@H]3C=C[C@H]2C3)no1. The molecule has 3 rings (SSSR count). The zero-order valence-corrected chi connectivity index (χ0v) is 10.3. The molecule has 2 aliphatic carbocycles. The van der Waals surface area contributed by atoms with Crippen LogP contribution in [0.25, 0.3) is 0 Å². The van der Waals surface area contributed by atoms with Crippen molar-refractivity contribution >= 4 is 17.7 Å². The van der Waals surface area contributed by atoms with Crippen molar-refractivity contribution in [2.75, 3.05) is 5.32 Å². The molecule has 0 radical (unpaired) electrons. The van der Waals surface area contributed by atoms with Crippen LogP contribution in [-0.2, 0) is 9.59 Å².